The van der Waals surface area contributed by atoms with E-state index in [1.807, 2.05) is 0 Å². The molecule has 1 heteroatoms. The van der Waals surface area contributed by atoms with Crippen LogP contribution >= 0.6 is 0 Å². The molecule has 0 amide bonds. The van der Waals surface area contributed by atoms with E-state index in [4.69, 9.17) is 23.6 Å². The van der Waals surface area contributed by atoms with Crippen LogP contribution in [-0.4, -0.2) is 0 Å². The van der Waals surface area contributed by atoms with Crippen LogP contribution in [0, 0.1) is 0 Å². The maximum atomic E-state index is 9.84. The summed E-state index contributed by atoms with van der Waals surface area (Å²) in [5.74, 6) is 0. The van der Waals surface area contributed by atoms with Crippen molar-refractivity contribution >= 4 is 38.3 Å². The average molecular weight is 595 g/mol. The fourth-order valence-electron chi connectivity index (χ4n) is 4.81. The molecule has 0 N–H and O–H groups in total. The number of fused-ring (bicyclic) bond motifs is 4. The van der Waals surface area contributed by atoms with E-state index in [1.165, 1.54) is 6.08 Å². The molecular formula is C44H34O. The van der Waals surface area contributed by atoms with Crippen molar-refractivity contribution in [3.8, 4) is 22.3 Å². The zero-order valence-corrected chi connectivity index (χ0v) is 23.9. The molecule has 0 aliphatic carbocycles. The molecule has 6 rings (SSSR count). The summed E-state index contributed by atoms with van der Waals surface area (Å²) >= 11 is 0. The Balaban J connectivity index is 1.76. The molecule has 0 radical (unpaired) electrons. The molecule has 0 spiro atoms. The van der Waals surface area contributed by atoms with E-state index in [-0.39, 0.29) is 49.8 Å². The Bertz CT molecular complexity index is 3050. The van der Waals surface area contributed by atoms with Crippen LogP contribution in [0.15, 0.2) is 199 Å². The van der Waals surface area contributed by atoms with Gasteiger partial charge < -0.3 is 4.42 Å². The quantitative estimate of drug-likeness (QED) is 0.160. The molecule has 1 heterocycles. The van der Waals surface area contributed by atoms with Crippen molar-refractivity contribution in [1.29, 1.82) is 0 Å². The van der Waals surface area contributed by atoms with Crippen LogP contribution in [-0.2, 0) is 0 Å². The van der Waals surface area contributed by atoms with Crippen LogP contribution in [0.1, 0.15) is 27.5 Å². The van der Waals surface area contributed by atoms with E-state index in [0.717, 1.165) is 6.55 Å². The minimum Gasteiger partial charge on any atom is -0.456 e. The van der Waals surface area contributed by atoms with Crippen LogP contribution in [0.5, 0.6) is 0 Å². The lowest BCUT2D eigenvalue weighted by Gasteiger charge is -2.12. The zero-order valence-electron chi connectivity index (χ0n) is 39.9. The highest BCUT2D eigenvalue weighted by atomic mass is 16.3. The fraction of sp³-hybridized carbons (Fsp3) is 0. The topological polar surface area (TPSA) is 13.1 Å². The predicted octanol–water partition coefficient (Wildman–Crippen LogP) is 12.6. The normalized spacial score (nSPS) is 17.7. The van der Waals surface area contributed by atoms with Crippen molar-refractivity contribution < 1.29 is 26.3 Å². The van der Waals surface area contributed by atoms with Gasteiger partial charge in [0.25, 0.3) is 0 Å². The first-order valence-electron chi connectivity index (χ1n) is 21.8. The first-order chi connectivity index (χ1) is 28.9. The summed E-state index contributed by atoms with van der Waals surface area (Å²) in [6, 6.07) is 8.92. The van der Waals surface area contributed by atoms with Crippen molar-refractivity contribution in [3.63, 3.8) is 0 Å². The second-order valence-corrected chi connectivity index (χ2v) is 9.68. The van der Waals surface area contributed by atoms with Crippen molar-refractivity contribution in [3.05, 3.63) is 200 Å². The van der Waals surface area contributed by atoms with Gasteiger partial charge in [-0.3, -0.25) is 0 Å². The third-order valence-electron chi connectivity index (χ3n) is 6.91. The monoisotopic (exact) mass is 594 g/mol. The van der Waals surface area contributed by atoms with Gasteiger partial charge in [-0.25, -0.2) is 0 Å². The molecule has 0 saturated heterocycles. The average Bonchev–Trinajstić information content (AvgIpc) is 3.66. The molecule has 216 valence electrons. The van der Waals surface area contributed by atoms with Gasteiger partial charge in [0.15, 0.2) is 0 Å². The van der Waals surface area contributed by atoms with Gasteiger partial charge in [-0.05, 0) is 73.4 Å². The summed E-state index contributed by atoms with van der Waals surface area (Å²) in [5, 5.41) is 0.818. The molecule has 0 unspecified atom stereocenters. The van der Waals surface area contributed by atoms with Gasteiger partial charge in [0.2, 0.25) is 0 Å². The summed E-state index contributed by atoms with van der Waals surface area (Å²) in [6.45, 7) is 9.67. The maximum absolute atomic E-state index is 9.84. The van der Waals surface area contributed by atoms with Gasteiger partial charge in [0.05, 0.1) is 21.9 Å². The standard InChI is InChI=1S/C44H34O/c1-5-6-18-31(2)32(3)27-28-33(4)36-21-12-7-8-13-22-39(38-24-15-14-23-37(36)38)41-29-35(34-19-10-9-11-20-34)30-43-44(41)40-25-16-17-26-42(40)45-43/h5-30H,1-4H2/b8-7?,12-7?,13-8?,18-6-,21-12?,22-13?,28-27-,36-21?,37-36?,39-22?,39-38?/i1D,2D,5D,6D,9D,10D,11D,16D,17D,18D,19D,20D,25D,26D,29D,30D/b5-1?,8-7?,12-7?,13-8?,18-6-,21-12?,22-13?,28-27-,31-2?,36-21?,37-36?,39-22?,39-38?. The number of furan rings is 1. The number of para-hydroxylation sites is 1. The number of benzene rings is 4. The van der Waals surface area contributed by atoms with Crippen LogP contribution in [0.3, 0.4) is 0 Å². The van der Waals surface area contributed by atoms with Crippen LogP contribution in [0.2, 0.25) is 0 Å². The summed E-state index contributed by atoms with van der Waals surface area (Å²) in [7, 11) is 0. The largest absolute Gasteiger partial charge is 0.456 e. The van der Waals surface area contributed by atoms with Gasteiger partial charge in [-0.15, -0.1) is 0 Å². The van der Waals surface area contributed by atoms with Crippen molar-refractivity contribution in [2.45, 2.75) is 0 Å². The minimum absolute atomic E-state index is 0.0196. The molecule has 0 fully saturated rings. The van der Waals surface area contributed by atoms with Crippen molar-refractivity contribution in [2.24, 2.45) is 0 Å². The van der Waals surface area contributed by atoms with E-state index in [1.54, 1.807) is 66.7 Å². The second-order valence-electron chi connectivity index (χ2n) is 9.68. The molecular weight excluding hydrogens is 544 g/mol. The minimum atomic E-state index is -0.700. The SMILES string of the molecule is [2H]C=C([2H])/C([2H])=C(/[2H])C(=C[2H])C(=C)/C=C\C(=C)c1ccccccc(-c2c([2H])c(-c3c([2H])c([2H])c([2H])c([2H])c3[2H])c([2H])c3oc4c([2H])c([2H])c([2H])c([2H])c4c23)c2ccccc12. The molecule has 0 aliphatic heterocycles. The van der Waals surface area contributed by atoms with Crippen LogP contribution in [0.25, 0.3) is 60.5 Å². The molecule has 5 aromatic carbocycles. The van der Waals surface area contributed by atoms with E-state index in [9.17, 15) is 2.74 Å². The lowest BCUT2D eigenvalue weighted by Crippen LogP contribution is -1.87. The summed E-state index contributed by atoms with van der Waals surface area (Å²) in [4.78, 5) is 0. The number of rotatable bonds is 8. The fourth-order valence-corrected chi connectivity index (χ4v) is 4.81. The van der Waals surface area contributed by atoms with Gasteiger partial charge in [-0.2, -0.15) is 0 Å². The third kappa shape index (κ3) is 6.11. The number of hydrogen-bond acceptors (Lipinski definition) is 1. The molecule has 6 aromatic rings. The summed E-state index contributed by atoms with van der Waals surface area (Å²) < 4.78 is 142. The highest BCUT2D eigenvalue weighted by Gasteiger charge is 2.16. The van der Waals surface area contributed by atoms with E-state index in [2.05, 4.69) is 13.2 Å². The first kappa shape index (κ1) is 15.7. The van der Waals surface area contributed by atoms with E-state index < -0.39 is 90.2 Å². The smallest absolute Gasteiger partial charge is 0.136 e. The summed E-state index contributed by atoms with van der Waals surface area (Å²) in [6.07, 6.45) is 3.06. The number of allylic oxidation sites excluding steroid dienone is 8. The first-order valence-corrected chi connectivity index (χ1v) is 13.7. The summed E-state index contributed by atoms with van der Waals surface area (Å²) in [5.41, 5.74) is -0.209. The lowest BCUT2D eigenvalue weighted by atomic mass is 9.91. The van der Waals surface area contributed by atoms with Crippen molar-refractivity contribution in [2.75, 3.05) is 0 Å². The van der Waals surface area contributed by atoms with Gasteiger partial charge in [0.1, 0.15) is 11.2 Å². The van der Waals surface area contributed by atoms with Crippen molar-refractivity contribution in [1.82, 2.24) is 0 Å². The highest BCUT2D eigenvalue weighted by Crippen LogP contribution is 2.42. The Kier molecular flexibility index (Phi) is 4.59. The van der Waals surface area contributed by atoms with Crippen LogP contribution in [0.4, 0.5) is 0 Å². The van der Waals surface area contributed by atoms with Gasteiger partial charge in [0, 0.05) is 10.8 Å². The molecule has 1 nitrogen and oxygen atoms in total. The Labute approximate surface area is 287 Å². The molecule has 1 aromatic heterocycles. The van der Waals surface area contributed by atoms with E-state index >= 15 is 0 Å². The van der Waals surface area contributed by atoms with Gasteiger partial charge >= 0.3 is 0 Å². The second kappa shape index (κ2) is 13.2. The third-order valence-corrected chi connectivity index (χ3v) is 6.91. The Morgan fingerprint density at radius 2 is 1.44 bits per heavy atom. The zero-order chi connectivity index (χ0) is 44.8. The van der Waals surface area contributed by atoms with Crippen LogP contribution < -0.4 is 0 Å². The Morgan fingerprint density at radius 1 is 0.689 bits per heavy atom. The molecule has 0 aliphatic rings. The highest BCUT2D eigenvalue weighted by molar-refractivity contribution is 6.16. The molecule has 0 bridgehead atoms. The Morgan fingerprint density at radius 3 is 2.27 bits per heavy atom. The number of hydrogen-bond donors (Lipinski definition) is 0. The molecule has 0 atom stereocenters. The predicted molar refractivity (Wildman–Crippen MR) is 196 cm³/mol. The lowest BCUT2D eigenvalue weighted by molar-refractivity contribution is 0.669. The molecule has 45 heavy (non-hydrogen) atoms. The Hall–Kier alpha value is -5.92. The van der Waals surface area contributed by atoms with E-state index in [0.29, 0.717) is 28.5 Å². The van der Waals surface area contributed by atoms with Gasteiger partial charge in [-0.1, -0.05) is 166 Å². The maximum Gasteiger partial charge on any atom is 0.136 e. The molecule has 0 saturated carbocycles.